The van der Waals surface area contributed by atoms with E-state index in [1.165, 1.54) is 12.8 Å². The molecule has 6 heteroatoms. The van der Waals surface area contributed by atoms with Gasteiger partial charge in [-0.15, -0.1) is 11.3 Å². The van der Waals surface area contributed by atoms with Gasteiger partial charge in [-0.05, 0) is 44.0 Å². The summed E-state index contributed by atoms with van der Waals surface area (Å²) in [5, 5.41) is 11.0. The van der Waals surface area contributed by atoms with E-state index < -0.39 is 0 Å². The number of thiazole rings is 1. The van der Waals surface area contributed by atoms with Crippen LogP contribution in [0.5, 0.6) is 0 Å². The number of hydrogen-bond acceptors (Lipinski definition) is 4. The molecule has 1 aromatic carbocycles. The Labute approximate surface area is 125 Å². The average Bonchev–Trinajstić information content (AvgIpc) is 3.06. The molecular weight excluding hydrogens is 284 g/mol. The fourth-order valence-corrected chi connectivity index (χ4v) is 3.24. The van der Waals surface area contributed by atoms with Gasteiger partial charge in [0.15, 0.2) is 5.69 Å². The van der Waals surface area contributed by atoms with Crippen molar-refractivity contribution in [1.82, 2.24) is 15.2 Å². The Morgan fingerprint density at radius 1 is 1.38 bits per heavy atom. The predicted molar refractivity (Wildman–Crippen MR) is 82.9 cm³/mol. The van der Waals surface area contributed by atoms with Crippen molar-refractivity contribution in [2.75, 3.05) is 5.32 Å². The van der Waals surface area contributed by atoms with Crippen LogP contribution in [0.3, 0.4) is 0 Å². The summed E-state index contributed by atoms with van der Waals surface area (Å²) in [5.41, 5.74) is 3.24. The van der Waals surface area contributed by atoms with Crippen LogP contribution in [0, 0.1) is 6.92 Å². The molecule has 4 rings (SSSR count). The largest absolute Gasteiger partial charge is 0.321 e. The molecule has 0 radical (unpaired) electrons. The van der Waals surface area contributed by atoms with Crippen molar-refractivity contribution in [2.45, 2.75) is 25.7 Å². The Balaban J connectivity index is 1.55. The number of rotatable bonds is 3. The number of hydrogen-bond donors (Lipinski definition) is 2. The zero-order valence-corrected chi connectivity index (χ0v) is 12.3. The van der Waals surface area contributed by atoms with E-state index in [4.69, 9.17) is 0 Å². The Hall–Kier alpha value is -2.21. The van der Waals surface area contributed by atoms with Crippen LogP contribution in [0.2, 0.25) is 0 Å². The molecule has 0 bridgehead atoms. The summed E-state index contributed by atoms with van der Waals surface area (Å²) in [6.45, 7) is 1.98. The minimum atomic E-state index is -0.182. The molecule has 21 heavy (non-hydrogen) atoms. The first-order chi connectivity index (χ1) is 10.2. The first-order valence-electron chi connectivity index (χ1n) is 6.93. The zero-order valence-electron chi connectivity index (χ0n) is 11.5. The first-order valence-corrected chi connectivity index (χ1v) is 7.74. The summed E-state index contributed by atoms with van der Waals surface area (Å²) >= 11 is 1.62. The molecule has 5 nitrogen and oxygen atoms in total. The molecule has 1 amide bonds. The number of carbonyl (C=O) groups excluding carboxylic acids is 1. The number of benzene rings is 1. The van der Waals surface area contributed by atoms with Crippen molar-refractivity contribution in [2.24, 2.45) is 0 Å². The molecule has 0 saturated heterocycles. The molecule has 0 aliphatic heterocycles. The molecule has 106 valence electrons. The summed E-state index contributed by atoms with van der Waals surface area (Å²) in [6, 6.07) is 7.59. The number of aryl methyl sites for hydroxylation is 1. The Kier molecular flexibility index (Phi) is 2.78. The minimum absolute atomic E-state index is 0.182. The van der Waals surface area contributed by atoms with Gasteiger partial charge in [0.05, 0.1) is 15.2 Å². The molecule has 1 aliphatic carbocycles. The molecule has 0 spiro atoms. The predicted octanol–water partition coefficient (Wildman–Crippen LogP) is 3.46. The molecule has 3 aromatic rings. The maximum Gasteiger partial charge on any atom is 0.276 e. The maximum absolute atomic E-state index is 12.2. The lowest BCUT2D eigenvalue weighted by Crippen LogP contribution is -2.12. The van der Waals surface area contributed by atoms with Gasteiger partial charge in [-0.1, -0.05) is 0 Å². The highest BCUT2D eigenvalue weighted by molar-refractivity contribution is 7.18. The Morgan fingerprint density at radius 3 is 3.05 bits per heavy atom. The van der Waals surface area contributed by atoms with Crippen LogP contribution in [0.4, 0.5) is 5.69 Å². The third kappa shape index (κ3) is 2.42. The Bertz CT molecular complexity index is 831. The molecule has 1 saturated carbocycles. The number of H-pyrrole nitrogens is 1. The minimum Gasteiger partial charge on any atom is -0.321 e. The van der Waals surface area contributed by atoms with Gasteiger partial charge in [-0.25, -0.2) is 4.98 Å². The van der Waals surface area contributed by atoms with Gasteiger partial charge in [0.25, 0.3) is 5.91 Å². The van der Waals surface area contributed by atoms with Gasteiger partial charge >= 0.3 is 0 Å². The molecule has 1 aliphatic rings. The van der Waals surface area contributed by atoms with E-state index in [0.717, 1.165) is 26.6 Å². The summed E-state index contributed by atoms with van der Waals surface area (Å²) in [6.07, 6.45) is 2.37. The third-order valence-electron chi connectivity index (χ3n) is 3.60. The van der Waals surface area contributed by atoms with Crippen LogP contribution in [-0.4, -0.2) is 21.1 Å². The first kappa shape index (κ1) is 12.5. The second-order valence-electron chi connectivity index (χ2n) is 5.35. The monoisotopic (exact) mass is 298 g/mol. The summed E-state index contributed by atoms with van der Waals surface area (Å²) in [4.78, 5) is 16.6. The van der Waals surface area contributed by atoms with E-state index in [9.17, 15) is 4.79 Å². The van der Waals surface area contributed by atoms with Crippen LogP contribution in [0.1, 0.15) is 39.9 Å². The summed E-state index contributed by atoms with van der Waals surface area (Å²) in [5.74, 6) is 0.384. The van der Waals surface area contributed by atoms with Crippen LogP contribution in [0.15, 0.2) is 24.3 Å². The average molecular weight is 298 g/mol. The highest BCUT2D eigenvalue weighted by Crippen LogP contribution is 2.39. The van der Waals surface area contributed by atoms with Crippen molar-refractivity contribution in [3.05, 3.63) is 40.7 Å². The molecular formula is C15H14N4OS. The number of anilines is 1. The molecule has 0 atom stereocenters. The molecule has 0 unspecified atom stereocenters. The van der Waals surface area contributed by atoms with Crippen molar-refractivity contribution in [1.29, 1.82) is 0 Å². The highest BCUT2D eigenvalue weighted by atomic mass is 32.1. The van der Waals surface area contributed by atoms with E-state index in [0.29, 0.717) is 11.6 Å². The smallest absolute Gasteiger partial charge is 0.276 e. The lowest BCUT2D eigenvalue weighted by Gasteiger charge is -2.02. The van der Waals surface area contributed by atoms with Crippen molar-refractivity contribution in [3.63, 3.8) is 0 Å². The van der Waals surface area contributed by atoms with Gasteiger partial charge in [-0.3, -0.25) is 9.89 Å². The quantitative estimate of drug-likeness (QED) is 0.778. The second-order valence-corrected chi connectivity index (χ2v) is 6.59. The topological polar surface area (TPSA) is 70.7 Å². The number of aromatic nitrogens is 3. The van der Waals surface area contributed by atoms with Crippen LogP contribution in [-0.2, 0) is 0 Å². The molecule has 1 fully saturated rings. The van der Waals surface area contributed by atoms with Gasteiger partial charge in [-0.2, -0.15) is 5.10 Å². The van der Waals surface area contributed by atoms with E-state index in [-0.39, 0.29) is 5.91 Å². The number of nitrogens with zero attached hydrogens (tertiary/aromatic N) is 2. The molecule has 2 aromatic heterocycles. The van der Waals surface area contributed by atoms with E-state index in [1.807, 2.05) is 31.2 Å². The normalized spacial score (nSPS) is 14.5. The van der Waals surface area contributed by atoms with Crippen LogP contribution < -0.4 is 5.32 Å². The number of amides is 1. The number of nitrogens with one attached hydrogen (secondary N) is 2. The summed E-state index contributed by atoms with van der Waals surface area (Å²) in [7, 11) is 0. The fraction of sp³-hybridized carbons (Fsp3) is 0.267. The Morgan fingerprint density at radius 2 is 2.24 bits per heavy atom. The number of carbonyl (C=O) groups is 1. The van der Waals surface area contributed by atoms with E-state index in [1.54, 1.807) is 11.3 Å². The zero-order chi connectivity index (χ0) is 14.4. The van der Waals surface area contributed by atoms with Gasteiger partial charge in [0.1, 0.15) is 0 Å². The standard InChI is InChI=1S/C15H14N4OS/c1-8-16-11-5-4-10(6-14(11)21-8)17-15(20)13-7-12(18-19-13)9-2-3-9/h4-7,9H,2-3H2,1H3,(H,17,20)(H,18,19). The lowest BCUT2D eigenvalue weighted by atomic mass is 10.2. The highest BCUT2D eigenvalue weighted by Gasteiger charge is 2.26. The third-order valence-corrected chi connectivity index (χ3v) is 4.53. The van der Waals surface area contributed by atoms with Crippen molar-refractivity contribution < 1.29 is 4.79 Å². The summed E-state index contributed by atoms with van der Waals surface area (Å²) < 4.78 is 1.07. The van der Waals surface area contributed by atoms with Crippen LogP contribution in [0.25, 0.3) is 10.2 Å². The molecule has 2 N–H and O–H groups in total. The fourth-order valence-electron chi connectivity index (χ4n) is 2.37. The van der Waals surface area contributed by atoms with Gasteiger partial charge in [0, 0.05) is 17.3 Å². The SMILES string of the molecule is Cc1nc2ccc(NC(=O)c3cc(C4CC4)[nH]n3)cc2s1. The second kappa shape index (κ2) is 4.66. The van der Waals surface area contributed by atoms with Gasteiger partial charge < -0.3 is 5.32 Å². The molecule has 2 heterocycles. The van der Waals surface area contributed by atoms with Crippen molar-refractivity contribution >= 4 is 33.1 Å². The van der Waals surface area contributed by atoms with Gasteiger partial charge in [0.2, 0.25) is 0 Å². The van der Waals surface area contributed by atoms with E-state index >= 15 is 0 Å². The van der Waals surface area contributed by atoms with Crippen LogP contribution >= 0.6 is 11.3 Å². The van der Waals surface area contributed by atoms with E-state index in [2.05, 4.69) is 20.5 Å². The van der Waals surface area contributed by atoms with Crippen molar-refractivity contribution in [3.8, 4) is 0 Å². The maximum atomic E-state index is 12.2. The lowest BCUT2D eigenvalue weighted by molar-refractivity contribution is 0.102. The number of fused-ring (bicyclic) bond motifs is 1. The number of aromatic amines is 1.